The maximum Gasteiger partial charge on any atom is 0.416 e. The zero-order chi connectivity index (χ0) is 41.8. The number of allylic oxidation sites excluding steroid dienone is 2. The number of benzene rings is 6. The second kappa shape index (κ2) is 16.4. The van der Waals surface area contributed by atoms with Crippen molar-refractivity contribution in [2.24, 2.45) is 0 Å². The summed E-state index contributed by atoms with van der Waals surface area (Å²) in [5.41, 5.74) is 0.954. The molecule has 0 atom stereocenters. The van der Waals surface area contributed by atoms with Crippen LogP contribution in [0.5, 0.6) is 11.5 Å². The first-order valence-electron chi connectivity index (χ1n) is 18.0. The Morgan fingerprint density at radius 3 is 1.10 bits per heavy atom. The van der Waals surface area contributed by atoms with Gasteiger partial charge in [-0.3, -0.25) is 19.2 Å². The fourth-order valence-electron chi connectivity index (χ4n) is 6.54. The second-order valence-electron chi connectivity index (χ2n) is 13.3. The molecular formula is C48H29F3O8. The number of hydrogen-bond donors (Lipinski definition) is 0. The van der Waals surface area contributed by atoms with Crippen molar-refractivity contribution in [1.82, 2.24) is 0 Å². The Balaban J connectivity index is 0.000000180. The number of esters is 2. The Morgan fingerprint density at radius 2 is 0.746 bits per heavy atom. The highest BCUT2D eigenvalue weighted by molar-refractivity contribution is 6.47. The summed E-state index contributed by atoms with van der Waals surface area (Å²) in [6, 6.07) is 39.9. The Labute approximate surface area is 334 Å². The minimum atomic E-state index is -4.54. The van der Waals surface area contributed by atoms with E-state index >= 15 is 0 Å². The van der Waals surface area contributed by atoms with Crippen molar-refractivity contribution in [3.63, 3.8) is 0 Å². The molecule has 0 saturated heterocycles. The van der Waals surface area contributed by atoms with Crippen LogP contribution in [0.1, 0.15) is 63.7 Å². The number of carbonyl (C=O) groups is 6. The van der Waals surface area contributed by atoms with Gasteiger partial charge in [-0.2, -0.15) is 13.2 Å². The number of rotatable bonds is 6. The van der Waals surface area contributed by atoms with Gasteiger partial charge >= 0.3 is 18.1 Å². The minimum Gasteiger partial charge on any atom is -0.423 e. The SMILES string of the molecule is Cc1ccc(OC(=O)C2=C(c3ccccc3)C(=O)c3ccccc3C2=O)cc1.O=C(Oc1ccc(C(F)(F)F)cc1)C1=C(c2ccccc2)C(=O)c2ccccc2C1=O. The van der Waals surface area contributed by atoms with Crippen LogP contribution in [-0.4, -0.2) is 35.1 Å². The van der Waals surface area contributed by atoms with Crippen molar-refractivity contribution in [2.45, 2.75) is 13.1 Å². The summed E-state index contributed by atoms with van der Waals surface area (Å²) in [5, 5.41) is 0. The molecule has 0 saturated carbocycles. The number of ether oxygens (including phenoxy) is 2. The molecule has 2 aliphatic carbocycles. The summed E-state index contributed by atoms with van der Waals surface area (Å²) in [6.07, 6.45) is -4.54. The molecule has 11 heteroatoms. The fourth-order valence-corrected chi connectivity index (χ4v) is 6.54. The highest BCUT2D eigenvalue weighted by Crippen LogP contribution is 2.36. The summed E-state index contributed by atoms with van der Waals surface area (Å²) in [7, 11) is 0. The molecule has 0 fully saturated rings. The maximum absolute atomic E-state index is 13.2. The van der Waals surface area contributed by atoms with Gasteiger partial charge in [0.2, 0.25) is 11.6 Å². The van der Waals surface area contributed by atoms with E-state index in [4.69, 9.17) is 9.47 Å². The van der Waals surface area contributed by atoms with Gasteiger partial charge in [0.1, 0.15) is 22.6 Å². The normalized spacial score (nSPS) is 13.6. The molecule has 0 radical (unpaired) electrons. The van der Waals surface area contributed by atoms with E-state index in [1.165, 1.54) is 12.1 Å². The first-order chi connectivity index (χ1) is 28.3. The van der Waals surface area contributed by atoms with E-state index < -0.39 is 46.6 Å². The monoisotopic (exact) mass is 790 g/mol. The number of aryl methyl sites for hydroxylation is 1. The molecule has 0 bridgehead atoms. The number of Topliss-reactive ketones (excluding diaryl/α,β-unsaturated/α-hetero) is 4. The lowest BCUT2D eigenvalue weighted by Gasteiger charge is -2.20. The van der Waals surface area contributed by atoms with Crippen molar-refractivity contribution >= 4 is 46.2 Å². The van der Waals surface area contributed by atoms with Crippen LogP contribution < -0.4 is 9.47 Å². The second-order valence-corrected chi connectivity index (χ2v) is 13.3. The first kappa shape index (κ1) is 39.4. The highest BCUT2D eigenvalue weighted by Gasteiger charge is 2.39. The molecule has 0 amide bonds. The summed E-state index contributed by atoms with van der Waals surface area (Å²) >= 11 is 0. The topological polar surface area (TPSA) is 121 Å². The van der Waals surface area contributed by atoms with Gasteiger partial charge in [-0.1, -0.05) is 127 Å². The Hall–Kier alpha value is -7.79. The lowest BCUT2D eigenvalue weighted by molar-refractivity contribution is -0.137. The van der Waals surface area contributed by atoms with Crippen LogP contribution in [0.4, 0.5) is 13.2 Å². The van der Waals surface area contributed by atoms with Gasteiger partial charge in [0.25, 0.3) is 0 Å². The van der Waals surface area contributed by atoms with E-state index in [-0.39, 0.29) is 44.9 Å². The van der Waals surface area contributed by atoms with Crippen molar-refractivity contribution in [3.8, 4) is 11.5 Å². The van der Waals surface area contributed by atoms with Crippen molar-refractivity contribution in [1.29, 1.82) is 0 Å². The molecule has 2 aliphatic rings. The Morgan fingerprint density at radius 1 is 0.424 bits per heavy atom. The standard InChI is InChI=1S/C24H13F3O4.C24H16O4/c25-24(26,27)15-10-12-16(13-11-15)31-23(30)20-19(14-6-2-1-3-7-14)21(28)17-8-4-5-9-18(17)22(20)29;1-15-11-13-17(14-12-15)28-24(27)21-20(16-7-3-2-4-8-16)22(25)18-9-5-6-10-19(18)23(21)26/h1-13H;2-14H,1H3. The van der Waals surface area contributed by atoms with Crippen LogP contribution >= 0.6 is 0 Å². The average molecular weight is 791 g/mol. The number of hydrogen-bond acceptors (Lipinski definition) is 8. The zero-order valence-corrected chi connectivity index (χ0v) is 30.9. The Bertz CT molecular complexity index is 2730. The number of carbonyl (C=O) groups excluding carboxylic acids is 6. The van der Waals surface area contributed by atoms with Crippen molar-refractivity contribution < 1.29 is 51.4 Å². The predicted molar refractivity (Wildman–Crippen MR) is 211 cm³/mol. The van der Waals surface area contributed by atoms with Crippen molar-refractivity contribution in [2.75, 3.05) is 0 Å². The largest absolute Gasteiger partial charge is 0.423 e. The smallest absolute Gasteiger partial charge is 0.416 e. The average Bonchev–Trinajstić information content (AvgIpc) is 3.24. The predicted octanol–water partition coefficient (Wildman–Crippen LogP) is 9.58. The first-order valence-corrected chi connectivity index (χ1v) is 18.0. The quantitative estimate of drug-likeness (QED) is 0.0930. The molecule has 0 unspecified atom stereocenters. The molecular weight excluding hydrogens is 762 g/mol. The van der Waals surface area contributed by atoms with E-state index in [2.05, 4.69) is 0 Å². The van der Waals surface area contributed by atoms with E-state index in [1.807, 2.05) is 6.92 Å². The lowest BCUT2D eigenvalue weighted by atomic mass is 9.81. The molecule has 0 aliphatic heterocycles. The van der Waals surface area contributed by atoms with Gasteiger partial charge < -0.3 is 9.47 Å². The van der Waals surface area contributed by atoms with Gasteiger partial charge in [-0.05, 0) is 54.4 Å². The number of halogens is 3. The minimum absolute atomic E-state index is 0.0616. The van der Waals surface area contributed by atoms with Gasteiger partial charge in [-0.25, -0.2) is 9.59 Å². The summed E-state index contributed by atoms with van der Waals surface area (Å²) < 4.78 is 48.8. The van der Waals surface area contributed by atoms with Gasteiger partial charge in [-0.15, -0.1) is 0 Å². The zero-order valence-electron chi connectivity index (χ0n) is 30.9. The van der Waals surface area contributed by atoms with Crippen LogP contribution in [0.15, 0.2) is 169 Å². The number of ketones is 4. The summed E-state index contributed by atoms with van der Waals surface area (Å²) in [5.74, 6) is -3.90. The van der Waals surface area contributed by atoms with Crippen molar-refractivity contribution in [3.05, 3.63) is 213 Å². The van der Waals surface area contributed by atoms with Gasteiger partial charge in [0, 0.05) is 33.4 Å². The molecule has 0 heterocycles. The number of alkyl halides is 3. The van der Waals surface area contributed by atoms with E-state index in [9.17, 15) is 41.9 Å². The van der Waals surface area contributed by atoms with Gasteiger partial charge in [0.05, 0.1) is 5.56 Å². The van der Waals surface area contributed by atoms with Crippen LogP contribution in [0.3, 0.4) is 0 Å². The summed E-state index contributed by atoms with van der Waals surface area (Å²) in [6.45, 7) is 1.92. The molecule has 6 aromatic carbocycles. The number of fused-ring (bicyclic) bond motifs is 2. The lowest BCUT2D eigenvalue weighted by Crippen LogP contribution is -2.28. The van der Waals surface area contributed by atoms with Crippen LogP contribution in [-0.2, 0) is 15.8 Å². The van der Waals surface area contributed by atoms with Crippen LogP contribution in [0, 0.1) is 6.92 Å². The van der Waals surface area contributed by atoms with Crippen LogP contribution in [0.2, 0.25) is 0 Å². The van der Waals surface area contributed by atoms with Crippen LogP contribution in [0.25, 0.3) is 11.1 Å². The van der Waals surface area contributed by atoms with Gasteiger partial charge in [0.15, 0.2) is 11.6 Å². The van der Waals surface area contributed by atoms with E-state index in [1.54, 1.807) is 121 Å². The Kier molecular flexibility index (Phi) is 10.9. The molecule has 6 aromatic rings. The molecule has 290 valence electrons. The fraction of sp³-hybridized carbons (Fsp3) is 0.0417. The molecule has 0 N–H and O–H groups in total. The van der Waals surface area contributed by atoms with E-state index in [0.717, 1.165) is 29.8 Å². The molecule has 59 heavy (non-hydrogen) atoms. The van der Waals surface area contributed by atoms with E-state index in [0.29, 0.717) is 22.4 Å². The molecule has 8 rings (SSSR count). The third-order valence-corrected chi connectivity index (χ3v) is 9.40. The highest BCUT2D eigenvalue weighted by atomic mass is 19.4. The third kappa shape index (κ3) is 8.08. The molecule has 8 nitrogen and oxygen atoms in total. The maximum atomic E-state index is 13.2. The summed E-state index contributed by atoms with van der Waals surface area (Å²) in [4.78, 5) is 78.4. The third-order valence-electron chi connectivity index (χ3n) is 9.40. The molecule has 0 aromatic heterocycles. The molecule has 0 spiro atoms.